The molecule has 1 N–H and O–H groups in total. The topological polar surface area (TPSA) is 67.9 Å². The fourth-order valence-electron chi connectivity index (χ4n) is 2.72. The Morgan fingerprint density at radius 1 is 1.21 bits per heavy atom. The van der Waals surface area contributed by atoms with Crippen molar-refractivity contribution in [3.05, 3.63) is 70.7 Å². The minimum atomic E-state index is -0.558. The van der Waals surface area contributed by atoms with Gasteiger partial charge in [-0.2, -0.15) is 0 Å². The summed E-state index contributed by atoms with van der Waals surface area (Å²) >= 11 is 8.58. The maximum Gasteiger partial charge on any atom is 0.270 e. The number of rotatable bonds is 6. The average Bonchev–Trinajstić information content (AvgIpc) is 2.69. The number of hydrogen-bond acceptors (Lipinski definition) is 5. The molecule has 0 radical (unpaired) electrons. The summed E-state index contributed by atoms with van der Waals surface area (Å²) in [7, 11) is 1.51. The quantitative estimate of drug-likeness (QED) is 0.299. The number of hydrogen-bond donors (Lipinski definition) is 1. The number of carbonyl (C=O) groups is 2. The van der Waals surface area contributed by atoms with Crippen molar-refractivity contribution >= 4 is 56.8 Å². The molecule has 29 heavy (non-hydrogen) atoms. The monoisotopic (exact) mass is 472 g/mol. The van der Waals surface area contributed by atoms with Gasteiger partial charge in [0, 0.05) is 4.47 Å². The molecule has 0 bridgehead atoms. The van der Waals surface area contributed by atoms with Crippen LogP contribution in [-0.4, -0.2) is 30.6 Å². The third-order valence-electron chi connectivity index (χ3n) is 4.02. The second-order valence-electron chi connectivity index (χ2n) is 5.95. The van der Waals surface area contributed by atoms with Crippen molar-refractivity contribution in [2.75, 3.05) is 18.6 Å². The summed E-state index contributed by atoms with van der Waals surface area (Å²) < 4.78 is 11.6. The smallest absolute Gasteiger partial charge is 0.270 e. The molecule has 2 amide bonds. The van der Waals surface area contributed by atoms with E-state index in [0.29, 0.717) is 29.4 Å². The molecule has 0 spiro atoms. The van der Waals surface area contributed by atoms with Crippen LogP contribution in [0.2, 0.25) is 0 Å². The summed E-state index contributed by atoms with van der Waals surface area (Å²) in [6.07, 6.45) is 3.12. The van der Waals surface area contributed by atoms with Gasteiger partial charge in [0.25, 0.3) is 11.8 Å². The predicted molar refractivity (Wildman–Crippen MR) is 119 cm³/mol. The lowest BCUT2D eigenvalue weighted by Crippen LogP contribution is -2.54. The lowest BCUT2D eigenvalue weighted by Gasteiger charge is -2.29. The molecule has 0 atom stereocenters. The van der Waals surface area contributed by atoms with Crippen LogP contribution in [0.15, 0.2) is 65.2 Å². The molecule has 1 aliphatic rings. The van der Waals surface area contributed by atoms with Crippen molar-refractivity contribution < 1.29 is 19.1 Å². The third-order valence-corrected chi connectivity index (χ3v) is 4.80. The zero-order valence-electron chi connectivity index (χ0n) is 15.5. The fraction of sp³-hybridized carbons (Fsp3) is 0.0952. The minimum absolute atomic E-state index is 0.0287. The number of ether oxygens (including phenoxy) is 2. The molecule has 0 saturated carbocycles. The van der Waals surface area contributed by atoms with E-state index in [2.05, 4.69) is 27.8 Å². The van der Waals surface area contributed by atoms with Crippen molar-refractivity contribution in [1.82, 2.24) is 5.32 Å². The van der Waals surface area contributed by atoms with Gasteiger partial charge in [-0.25, -0.2) is 0 Å². The van der Waals surface area contributed by atoms with Crippen LogP contribution in [0.5, 0.6) is 11.5 Å². The lowest BCUT2D eigenvalue weighted by atomic mass is 10.1. The summed E-state index contributed by atoms with van der Waals surface area (Å²) in [6.45, 7) is 3.94. The van der Waals surface area contributed by atoms with Gasteiger partial charge in [-0.1, -0.05) is 40.7 Å². The first-order chi connectivity index (χ1) is 13.9. The van der Waals surface area contributed by atoms with Crippen LogP contribution in [0.25, 0.3) is 6.08 Å². The number of methoxy groups -OCH3 is 1. The molecule has 2 aromatic carbocycles. The Morgan fingerprint density at radius 2 is 2.00 bits per heavy atom. The van der Waals surface area contributed by atoms with Crippen LogP contribution in [0.3, 0.4) is 0 Å². The molecule has 6 nitrogen and oxygen atoms in total. The Balaban J connectivity index is 1.97. The second kappa shape index (κ2) is 9.02. The lowest BCUT2D eigenvalue weighted by molar-refractivity contribution is -0.122. The van der Waals surface area contributed by atoms with Gasteiger partial charge in [-0.3, -0.25) is 19.8 Å². The van der Waals surface area contributed by atoms with Crippen LogP contribution < -0.4 is 19.7 Å². The van der Waals surface area contributed by atoms with Crippen LogP contribution in [0.1, 0.15) is 5.56 Å². The molecule has 8 heteroatoms. The first-order valence-electron chi connectivity index (χ1n) is 8.53. The summed E-state index contributed by atoms with van der Waals surface area (Å²) in [5.41, 5.74) is 1.11. The highest BCUT2D eigenvalue weighted by atomic mass is 79.9. The molecule has 1 aliphatic heterocycles. The van der Waals surface area contributed by atoms with Crippen molar-refractivity contribution in [3.63, 3.8) is 0 Å². The Bertz CT molecular complexity index is 1040. The number of anilines is 1. The van der Waals surface area contributed by atoms with Gasteiger partial charge >= 0.3 is 0 Å². The molecular formula is C21H17BrN2O4S. The third kappa shape index (κ3) is 4.55. The zero-order chi connectivity index (χ0) is 21.0. The molecule has 0 aromatic heterocycles. The van der Waals surface area contributed by atoms with Gasteiger partial charge in [-0.15, -0.1) is 0 Å². The molecule has 0 unspecified atom stereocenters. The van der Waals surface area contributed by atoms with E-state index in [1.807, 2.05) is 6.07 Å². The van der Waals surface area contributed by atoms with Gasteiger partial charge in [0.05, 0.1) is 12.8 Å². The molecule has 0 aliphatic carbocycles. The van der Waals surface area contributed by atoms with E-state index in [0.717, 1.165) is 4.47 Å². The average molecular weight is 473 g/mol. The van der Waals surface area contributed by atoms with E-state index >= 15 is 0 Å². The Morgan fingerprint density at radius 3 is 2.69 bits per heavy atom. The summed E-state index contributed by atoms with van der Waals surface area (Å²) in [5.74, 6) is -0.0601. The Hall–Kier alpha value is -2.97. The van der Waals surface area contributed by atoms with Crippen LogP contribution in [0, 0.1) is 0 Å². The highest BCUT2D eigenvalue weighted by Gasteiger charge is 2.34. The summed E-state index contributed by atoms with van der Waals surface area (Å²) in [4.78, 5) is 26.8. The number of carbonyl (C=O) groups excluding carboxylic acids is 2. The Labute approximate surface area is 181 Å². The number of thiocarbonyl (C=S) groups is 1. The van der Waals surface area contributed by atoms with E-state index in [1.54, 1.807) is 42.5 Å². The molecule has 1 saturated heterocycles. The number of halogens is 1. The normalized spacial score (nSPS) is 15.3. The van der Waals surface area contributed by atoms with E-state index in [9.17, 15) is 9.59 Å². The zero-order valence-corrected chi connectivity index (χ0v) is 17.9. The van der Waals surface area contributed by atoms with Gasteiger partial charge in [-0.05, 0) is 54.2 Å². The van der Waals surface area contributed by atoms with E-state index < -0.39 is 11.8 Å². The van der Waals surface area contributed by atoms with Gasteiger partial charge < -0.3 is 9.47 Å². The standard InChI is InChI=1S/C21H17BrN2O4S/c1-3-9-28-17-8-7-13(11-18(17)27-2)10-16-19(25)23-21(29)24(20(16)26)15-6-4-5-14(22)12-15/h3-8,10-12H,1,9H2,2H3,(H,23,25,29)/b16-10+. The highest BCUT2D eigenvalue weighted by Crippen LogP contribution is 2.30. The molecule has 1 heterocycles. The van der Waals surface area contributed by atoms with Crippen molar-refractivity contribution in [3.8, 4) is 11.5 Å². The number of amides is 2. The number of benzene rings is 2. The molecule has 2 aromatic rings. The van der Waals surface area contributed by atoms with E-state index in [4.69, 9.17) is 21.7 Å². The van der Waals surface area contributed by atoms with Crippen LogP contribution in [0.4, 0.5) is 5.69 Å². The predicted octanol–water partition coefficient (Wildman–Crippen LogP) is 3.85. The van der Waals surface area contributed by atoms with Gasteiger partial charge in [0.15, 0.2) is 16.6 Å². The Kier molecular flexibility index (Phi) is 6.46. The van der Waals surface area contributed by atoms with Gasteiger partial charge in [0.1, 0.15) is 12.2 Å². The minimum Gasteiger partial charge on any atom is -0.493 e. The van der Waals surface area contributed by atoms with Crippen molar-refractivity contribution in [2.24, 2.45) is 0 Å². The first kappa shape index (κ1) is 20.8. The molecule has 3 rings (SSSR count). The second-order valence-corrected chi connectivity index (χ2v) is 7.25. The maximum atomic E-state index is 13.1. The van der Waals surface area contributed by atoms with Crippen molar-refractivity contribution in [1.29, 1.82) is 0 Å². The van der Waals surface area contributed by atoms with E-state index in [1.165, 1.54) is 18.1 Å². The number of nitrogens with zero attached hydrogens (tertiary/aromatic N) is 1. The first-order valence-corrected chi connectivity index (χ1v) is 9.73. The van der Waals surface area contributed by atoms with E-state index in [-0.39, 0.29) is 10.7 Å². The van der Waals surface area contributed by atoms with Gasteiger partial charge in [0.2, 0.25) is 0 Å². The summed E-state index contributed by atoms with van der Waals surface area (Å²) in [6, 6.07) is 12.2. The maximum absolute atomic E-state index is 13.1. The van der Waals surface area contributed by atoms with Crippen LogP contribution >= 0.6 is 28.1 Å². The molecule has 1 fully saturated rings. The largest absolute Gasteiger partial charge is 0.493 e. The summed E-state index contributed by atoms with van der Waals surface area (Å²) in [5, 5.41) is 2.59. The fourth-order valence-corrected chi connectivity index (χ4v) is 3.38. The SMILES string of the molecule is C=CCOc1ccc(/C=C2\C(=O)NC(=S)N(c3cccc(Br)c3)C2=O)cc1OC. The molecular weight excluding hydrogens is 456 g/mol. The van der Waals surface area contributed by atoms with Crippen LogP contribution in [-0.2, 0) is 9.59 Å². The number of nitrogens with one attached hydrogen (secondary N) is 1. The van der Waals surface area contributed by atoms with Crippen molar-refractivity contribution in [2.45, 2.75) is 0 Å². The molecule has 148 valence electrons. The highest BCUT2D eigenvalue weighted by molar-refractivity contribution is 9.10.